The summed E-state index contributed by atoms with van der Waals surface area (Å²) in [6, 6.07) is 7.03. The van der Waals surface area contributed by atoms with E-state index >= 15 is 0 Å². The number of rotatable bonds is 8. The average molecular weight is 294 g/mol. The van der Waals surface area contributed by atoms with Crippen LogP contribution >= 0.6 is 0 Å². The molecule has 0 aliphatic heterocycles. The third kappa shape index (κ3) is 5.83. The number of carboxylic acids is 1. The van der Waals surface area contributed by atoms with Gasteiger partial charge < -0.3 is 20.1 Å². The SMILES string of the molecule is CCN(CCOC)C(=O)Nc1ccccc1CCC(=O)O. The largest absolute Gasteiger partial charge is 0.481 e. The Morgan fingerprint density at radius 2 is 2.05 bits per heavy atom. The number of carboxylic acid groups (broad SMARTS) is 1. The molecule has 1 aromatic rings. The van der Waals surface area contributed by atoms with Gasteiger partial charge in [0.1, 0.15) is 0 Å². The van der Waals surface area contributed by atoms with Gasteiger partial charge in [0.05, 0.1) is 6.61 Å². The van der Waals surface area contributed by atoms with Crippen molar-refractivity contribution in [3.05, 3.63) is 29.8 Å². The standard InChI is InChI=1S/C15H22N2O4/c1-3-17(10-11-21-2)15(20)16-13-7-5-4-6-12(13)8-9-14(18)19/h4-7H,3,8-11H2,1-2H3,(H,16,20)(H,18,19). The van der Waals surface area contributed by atoms with Crippen LogP contribution in [0.25, 0.3) is 0 Å². The van der Waals surface area contributed by atoms with Gasteiger partial charge in [-0.1, -0.05) is 18.2 Å². The van der Waals surface area contributed by atoms with Gasteiger partial charge in [0.15, 0.2) is 0 Å². The number of methoxy groups -OCH3 is 1. The minimum atomic E-state index is -0.855. The summed E-state index contributed by atoms with van der Waals surface area (Å²) in [5.41, 5.74) is 1.47. The molecule has 1 aromatic carbocycles. The number of anilines is 1. The smallest absolute Gasteiger partial charge is 0.321 e. The van der Waals surface area contributed by atoms with Gasteiger partial charge in [0.25, 0.3) is 0 Å². The number of aryl methyl sites for hydroxylation is 1. The van der Waals surface area contributed by atoms with E-state index in [1.165, 1.54) is 0 Å². The van der Waals surface area contributed by atoms with Crippen molar-refractivity contribution in [1.29, 1.82) is 0 Å². The van der Waals surface area contributed by atoms with E-state index in [4.69, 9.17) is 9.84 Å². The van der Waals surface area contributed by atoms with Crippen LogP contribution in [0.5, 0.6) is 0 Å². The van der Waals surface area contributed by atoms with Gasteiger partial charge in [-0.2, -0.15) is 0 Å². The van der Waals surface area contributed by atoms with Gasteiger partial charge in [-0.3, -0.25) is 4.79 Å². The van der Waals surface area contributed by atoms with Crippen molar-refractivity contribution in [2.75, 3.05) is 32.1 Å². The van der Waals surface area contributed by atoms with Gasteiger partial charge in [0, 0.05) is 32.3 Å². The zero-order valence-electron chi connectivity index (χ0n) is 12.5. The minimum absolute atomic E-state index is 0.0358. The molecule has 0 radical (unpaired) electrons. The molecule has 0 aromatic heterocycles. The lowest BCUT2D eigenvalue weighted by molar-refractivity contribution is -0.136. The first kappa shape index (κ1) is 17.0. The van der Waals surface area contributed by atoms with Gasteiger partial charge >= 0.3 is 12.0 Å². The number of ether oxygens (including phenoxy) is 1. The molecule has 0 heterocycles. The van der Waals surface area contributed by atoms with Crippen molar-refractivity contribution in [3.8, 4) is 0 Å². The number of likely N-dealkylation sites (N-methyl/N-ethyl adjacent to an activating group) is 1. The van der Waals surface area contributed by atoms with E-state index in [-0.39, 0.29) is 12.5 Å². The number of aliphatic carboxylic acids is 1. The predicted molar refractivity (Wildman–Crippen MR) is 80.5 cm³/mol. The molecule has 21 heavy (non-hydrogen) atoms. The highest BCUT2D eigenvalue weighted by molar-refractivity contribution is 5.90. The molecule has 0 fully saturated rings. The molecule has 116 valence electrons. The Balaban J connectivity index is 2.72. The fourth-order valence-corrected chi connectivity index (χ4v) is 1.90. The Labute approximate surface area is 124 Å². The summed E-state index contributed by atoms with van der Waals surface area (Å²) >= 11 is 0. The number of nitrogens with one attached hydrogen (secondary N) is 1. The van der Waals surface area contributed by atoms with E-state index in [2.05, 4.69) is 5.32 Å². The second-order valence-electron chi connectivity index (χ2n) is 4.55. The molecule has 1 rings (SSSR count). The maximum Gasteiger partial charge on any atom is 0.321 e. The fourth-order valence-electron chi connectivity index (χ4n) is 1.90. The van der Waals surface area contributed by atoms with Crippen molar-refractivity contribution in [2.24, 2.45) is 0 Å². The Morgan fingerprint density at radius 3 is 2.67 bits per heavy atom. The van der Waals surface area contributed by atoms with E-state index in [0.717, 1.165) is 5.56 Å². The summed E-state index contributed by atoms with van der Waals surface area (Å²) in [6.07, 6.45) is 0.421. The highest BCUT2D eigenvalue weighted by Gasteiger charge is 2.13. The van der Waals surface area contributed by atoms with Gasteiger partial charge in [-0.15, -0.1) is 0 Å². The number of carbonyl (C=O) groups is 2. The van der Waals surface area contributed by atoms with Crippen LogP contribution in [0.3, 0.4) is 0 Å². The second kappa shape index (κ2) is 8.97. The van der Waals surface area contributed by atoms with Crippen LogP contribution in [0.15, 0.2) is 24.3 Å². The molecule has 6 nitrogen and oxygen atoms in total. The number of nitrogens with zero attached hydrogens (tertiary/aromatic N) is 1. The van der Waals surface area contributed by atoms with Gasteiger partial charge in [0.2, 0.25) is 0 Å². The van der Waals surface area contributed by atoms with Crippen molar-refractivity contribution in [2.45, 2.75) is 19.8 Å². The summed E-state index contributed by atoms with van der Waals surface area (Å²) in [4.78, 5) is 24.5. The minimum Gasteiger partial charge on any atom is -0.481 e. The number of benzene rings is 1. The highest BCUT2D eigenvalue weighted by atomic mass is 16.5. The molecule has 0 aliphatic carbocycles. The molecule has 2 amide bonds. The van der Waals surface area contributed by atoms with E-state index in [9.17, 15) is 9.59 Å². The Bertz CT molecular complexity index is 476. The van der Waals surface area contributed by atoms with E-state index < -0.39 is 5.97 Å². The summed E-state index contributed by atoms with van der Waals surface area (Å²) < 4.78 is 4.98. The third-order valence-electron chi connectivity index (χ3n) is 3.10. The topological polar surface area (TPSA) is 78.9 Å². The lowest BCUT2D eigenvalue weighted by Gasteiger charge is -2.21. The molecule has 0 atom stereocenters. The van der Waals surface area contributed by atoms with Gasteiger partial charge in [-0.05, 0) is 25.0 Å². The third-order valence-corrected chi connectivity index (χ3v) is 3.10. The lowest BCUT2D eigenvalue weighted by atomic mass is 10.1. The number of hydrogen-bond donors (Lipinski definition) is 2. The monoisotopic (exact) mass is 294 g/mol. The Hall–Kier alpha value is -2.08. The maximum absolute atomic E-state index is 12.2. The number of amides is 2. The number of para-hydroxylation sites is 1. The molecular formula is C15H22N2O4. The quantitative estimate of drug-likeness (QED) is 0.770. The first-order valence-corrected chi connectivity index (χ1v) is 6.93. The highest BCUT2D eigenvalue weighted by Crippen LogP contribution is 2.17. The molecule has 2 N–H and O–H groups in total. The predicted octanol–water partition coefficient (Wildman–Crippen LogP) is 2.20. The van der Waals surface area contributed by atoms with Crippen LogP contribution in [0.2, 0.25) is 0 Å². The average Bonchev–Trinajstić information content (AvgIpc) is 2.47. The molecular weight excluding hydrogens is 272 g/mol. The van der Waals surface area contributed by atoms with Crippen LogP contribution in [0.1, 0.15) is 18.9 Å². The maximum atomic E-state index is 12.2. The van der Waals surface area contributed by atoms with E-state index in [1.807, 2.05) is 25.1 Å². The summed E-state index contributed by atoms with van der Waals surface area (Å²) in [7, 11) is 1.59. The number of carbonyl (C=O) groups excluding carboxylic acids is 1. The van der Waals surface area contributed by atoms with Crippen molar-refractivity contribution in [1.82, 2.24) is 4.90 Å². The molecule has 0 saturated carbocycles. The molecule has 0 unspecified atom stereocenters. The summed E-state index contributed by atoms with van der Waals surface area (Å²) in [5.74, 6) is -0.855. The Morgan fingerprint density at radius 1 is 1.33 bits per heavy atom. The van der Waals surface area contributed by atoms with Gasteiger partial charge in [-0.25, -0.2) is 4.79 Å². The number of urea groups is 1. The molecule has 0 saturated heterocycles. The summed E-state index contributed by atoms with van der Waals surface area (Å²) in [5, 5.41) is 11.6. The van der Waals surface area contributed by atoms with Crippen LogP contribution in [0, 0.1) is 0 Å². The second-order valence-corrected chi connectivity index (χ2v) is 4.55. The zero-order chi connectivity index (χ0) is 15.7. The fraction of sp³-hybridized carbons (Fsp3) is 0.467. The van der Waals surface area contributed by atoms with Crippen LogP contribution in [-0.4, -0.2) is 48.8 Å². The van der Waals surface area contributed by atoms with E-state index in [0.29, 0.717) is 31.8 Å². The van der Waals surface area contributed by atoms with Crippen LogP contribution in [0.4, 0.5) is 10.5 Å². The summed E-state index contributed by atoms with van der Waals surface area (Å²) in [6.45, 7) is 3.45. The Kier molecular flexibility index (Phi) is 7.25. The van der Waals surface area contributed by atoms with Crippen LogP contribution < -0.4 is 5.32 Å². The zero-order valence-corrected chi connectivity index (χ0v) is 12.5. The molecule has 0 aliphatic rings. The molecule has 0 bridgehead atoms. The molecule has 6 heteroatoms. The first-order chi connectivity index (χ1) is 10.1. The van der Waals surface area contributed by atoms with E-state index in [1.54, 1.807) is 18.1 Å². The van der Waals surface area contributed by atoms with Crippen LogP contribution in [-0.2, 0) is 16.0 Å². The normalized spacial score (nSPS) is 10.2. The van der Waals surface area contributed by atoms with Crippen molar-refractivity contribution in [3.63, 3.8) is 0 Å². The van der Waals surface area contributed by atoms with Crippen molar-refractivity contribution >= 4 is 17.7 Å². The molecule has 0 spiro atoms. The first-order valence-electron chi connectivity index (χ1n) is 6.93. The lowest BCUT2D eigenvalue weighted by Crippen LogP contribution is -2.37. The number of hydrogen-bond acceptors (Lipinski definition) is 3. The van der Waals surface area contributed by atoms with Crippen molar-refractivity contribution < 1.29 is 19.4 Å².